The van der Waals surface area contributed by atoms with Gasteiger partial charge in [-0.2, -0.15) is 0 Å². The van der Waals surface area contributed by atoms with Crippen molar-refractivity contribution < 1.29 is 29.0 Å². The van der Waals surface area contributed by atoms with Gasteiger partial charge in [0, 0.05) is 13.0 Å². The van der Waals surface area contributed by atoms with Crippen LogP contribution in [0.1, 0.15) is 30.6 Å². The molecule has 3 N–H and O–H groups in total. The fourth-order valence-electron chi connectivity index (χ4n) is 1.93. The molecule has 0 aliphatic heterocycles. The third-order valence-electron chi connectivity index (χ3n) is 3.00. The van der Waals surface area contributed by atoms with Crippen molar-refractivity contribution in [3.63, 3.8) is 0 Å². The molecular weight excluding hydrogens is 328 g/mol. The van der Waals surface area contributed by atoms with Gasteiger partial charge in [-0.3, -0.25) is 9.59 Å². The Morgan fingerprint density at radius 1 is 1.24 bits per heavy atom. The largest absolute Gasteiger partial charge is 0.480 e. The van der Waals surface area contributed by atoms with Crippen LogP contribution in [0.5, 0.6) is 0 Å². The predicted molar refractivity (Wildman–Crippen MR) is 90.0 cm³/mol. The first-order valence-corrected chi connectivity index (χ1v) is 7.58. The van der Waals surface area contributed by atoms with Crippen LogP contribution in [0.15, 0.2) is 36.4 Å². The fraction of sp³-hybridized carbons (Fsp3) is 0.294. The maximum absolute atomic E-state index is 12.3. The number of carboxylic acid groups (broad SMARTS) is 1. The molecule has 1 aromatic carbocycles. The van der Waals surface area contributed by atoms with E-state index in [4.69, 9.17) is 0 Å². The van der Waals surface area contributed by atoms with Gasteiger partial charge >= 0.3 is 11.9 Å². The number of hydrogen-bond acceptors (Lipinski definition) is 5. The molecule has 134 valence electrons. The molecule has 0 spiro atoms. The SMILES string of the molecule is CCOC(=O)/C=C/C[C@@H](NC(=O)c1ccccc1NC(C)=O)C(=O)O. The second-order valence-electron chi connectivity index (χ2n) is 4.98. The molecule has 8 nitrogen and oxygen atoms in total. The standard InChI is InChI=1S/C17H20N2O6/c1-3-25-15(21)10-6-9-14(17(23)24)19-16(22)12-7-4-5-8-13(12)18-11(2)20/h4-8,10,14H,3,9H2,1-2H3,(H,18,20)(H,19,22)(H,23,24)/b10-6+/t14-/m1/s1. The van der Waals surface area contributed by atoms with Crippen LogP contribution in [-0.4, -0.2) is 41.5 Å². The van der Waals surface area contributed by atoms with Crippen molar-refractivity contribution in [2.75, 3.05) is 11.9 Å². The van der Waals surface area contributed by atoms with Crippen molar-refractivity contribution in [1.29, 1.82) is 0 Å². The lowest BCUT2D eigenvalue weighted by molar-refractivity contribution is -0.139. The number of ether oxygens (including phenoxy) is 1. The number of benzene rings is 1. The molecule has 0 aromatic heterocycles. The average molecular weight is 348 g/mol. The Hall–Kier alpha value is -3.16. The van der Waals surface area contributed by atoms with Gasteiger partial charge < -0.3 is 20.5 Å². The lowest BCUT2D eigenvalue weighted by atomic mass is 10.1. The number of nitrogens with one attached hydrogen (secondary N) is 2. The summed E-state index contributed by atoms with van der Waals surface area (Å²) in [5.41, 5.74) is 0.414. The van der Waals surface area contributed by atoms with Crippen LogP contribution >= 0.6 is 0 Å². The molecule has 1 aromatic rings. The highest BCUT2D eigenvalue weighted by molar-refractivity contribution is 6.04. The van der Waals surface area contributed by atoms with Gasteiger partial charge in [0.05, 0.1) is 17.9 Å². The minimum Gasteiger partial charge on any atom is -0.480 e. The molecule has 0 aliphatic carbocycles. The molecule has 25 heavy (non-hydrogen) atoms. The topological polar surface area (TPSA) is 122 Å². The second kappa shape index (κ2) is 9.86. The first-order valence-electron chi connectivity index (χ1n) is 7.58. The minimum absolute atomic E-state index is 0.0950. The van der Waals surface area contributed by atoms with E-state index in [9.17, 15) is 24.3 Å². The first-order chi connectivity index (χ1) is 11.8. The Kier molecular flexibility index (Phi) is 7.85. The third-order valence-corrected chi connectivity index (χ3v) is 3.00. The minimum atomic E-state index is -1.25. The van der Waals surface area contributed by atoms with E-state index in [0.717, 1.165) is 6.08 Å². The van der Waals surface area contributed by atoms with Crippen LogP contribution in [0, 0.1) is 0 Å². The molecule has 1 rings (SSSR count). The summed E-state index contributed by atoms with van der Waals surface area (Å²) in [5.74, 6) is -2.85. The molecule has 0 unspecified atom stereocenters. The molecular formula is C17H20N2O6. The zero-order valence-corrected chi connectivity index (χ0v) is 13.9. The van der Waals surface area contributed by atoms with E-state index in [-0.39, 0.29) is 30.2 Å². The summed E-state index contributed by atoms with van der Waals surface area (Å²) in [6.45, 7) is 3.16. The molecule has 8 heteroatoms. The number of carbonyl (C=O) groups excluding carboxylic acids is 3. The smallest absolute Gasteiger partial charge is 0.330 e. The predicted octanol–water partition coefficient (Wildman–Crippen LogP) is 1.34. The van der Waals surface area contributed by atoms with Gasteiger partial charge in [-0.15, -0.1) is 0 Å². The van der Waals surface area contributed by atoms with Crippen molar-refractivity contribution in [3.05, 3.63) is 42.0 Å². The summed E-state index contributed by atoms with van der Waals surface area (Å²) in [6.07, 6.45) is 2.33. The lowest BCUT2D eigenvalue weighted by Gasteiger charge is -2.15. The summed E-state index contributed by atoms with van der Waals surface area (Å²) < 4.78 is 4.69. The van der Waals surface area contributed by atoms with E-state index in [2.05, 4.69) is 15.4 Å². The summed E-state index contributed by atoms with van der Waals surface area (Å²) in [4.78, 5) is 46.0. The summed E-state index contributed by atoms with van der Waals surface area (Å²) in [5, 5.41) is 14.1. The van der Waals surface area contributed by atoms with E-state index < -0.39 is 23.9 Å². The van der Waals surface area contributed by atoms with Gasteiger partial charge in [0.1, 0.15) is 6.04 Å². The van der Waals surface area contributed by atoms with Crippen LogP contribution < -0.4 is 10.6 Å². The number of esters is 1. The monoisotopic (exact) mass is 348 g/mol. The Morgan fingerprint density at radius 2 is 1.92 bits per heavy atom. The molecule has 0 heterocycles. The fourth-order valence-corrected chi connectivity index (χ4v) is 1.93. The molecule has 0 saturated heterocycles. The van der Waals surface area contributed by atoms with Crippen molar-refractivity contribution in [1.82, 2.24) is 5.32 Å². The maximum Gasteiger partial charge on any atom is 0.330 e. The highest BCUT2D eigenvalue weighted by Crippen LogP contribution is 2.15. The highest BCUT2D eigenvalue weighted by atomic mass is 16.5. The Balaban J connectivity index is 2.82. The summed E-state index contributed by atoms with van der Waals surface area (Å²) in [7, 11) is 0. The second-order valence-corrected chi connectivity index (χ2v) is 4.98. The normalized spacial score (nSPS) is 11.6. The number of amides is 2. The Bertz CT molecular complexity index is 683. The van der Waals surface area contributed by atoms with Crippen molar-refractivity contribution in [2.45, 2.75) is 26.3 Å². The Morgan fingerprint density at radius 3 is 2.52 bits per heavy atom. The van der Waals surface area contributed by atoms with Gasteiger partial charge in [0.2, 0.25) is 5.91 Å². The number of carboxylic acids is 1. The van der Waals surface area contributed by atoms with E-state index in [0.29, 0.717) is 0 Å². The molecule has 0 radical (unpaired) electrons. The van der Waals surface area contributed by atoms with Gasteiger partial charge in [0.15, 0.2) is 0 Å². The van der Waals surface area contributed by atoms with E-state index >= 15 is 0 Å². The zero-order valence-electron chi connectivity index (χ0n) is 13.9. The molecule has 0 aliphatic rings. The molecule has 1 atom stereocenters. The number of rotatable bonds is 8. The van der Waals surface area contributed by atoms with Gasteiger partial charge in [0.25, 0.3) is 5.91 Å². The van der Waals surface area contributed by atoms with Crippen LogP contribution in [0.4, 0.5) is 5.69 Å². The number of para-hydroxylation sites is 1. The van der Waals surface area contributed by atoms with Crippen molar-refractivity contribution >= 4 is 29.4 Å². The molecule has 0 bridgehead atoms. The molecule has 2 amide bonds. The number of anilines is 1. The zero-order chi connectivity index (χ0) is 18.8. The van der Waals surface area contributed by atoms with Crippen LogP contribution in [-0.2, 0) is 19.1 Å². The summed E-state index contributed by atoms with van der Waals surface area (Å²) in [6, 6.07) is 5.00. The molecule has 0 fully saturated rings. The average Bonchev–Trinajstić information content (AvgIpc) is 2.53. The first kappa shape index (κ1) is 19.9. The molecule has 0 saturated carbocycles. The number of hydrogen-bond donors (Lipinski definition) is 3. The van der Waals surface area contributed by atoms with Crippen LogP contribution in [0.2, 0.25) is 0 Å². The van der Waals surface area contributed by atoms with Crippen LogP contribution in [0.25, 0.3) is 0 Å². The number of aliphatic carboxylic acids is 1. The Labute approximate surface area is 144 Å². The van der Waals surface area contributed by atoms with Crippen molar-refractivity contribution in [3.8, 4) is 0 Å². The van der Waals surface area contributed by atoms with E-state index in [1.54, 1.807) is 19.1 Å². The van der Waals surface area contributed by atoms with Gasteiger partial charge in [-0.25, -0.2) is 9.59 Å². The maximum atomic E-state index is 12.3. The van der Waals surface area contributed by atoms with Crippen LogP contribution in [0.3, 0.4) is 0 Å². The lowest BCUT2D eigenvalue weighted by Crippen LogP contribution is -2.40. The highest BCUT2D eigenvalue weighted by Gasteiger charge is 2.21. The van der Waals surface area contributed by atoms with Gasteiger partial charge in [-0.05, 0) is 25.5 Å². The quantitative estimate of drug-likeness (QED) is 0.481. The van der Waals surface area contributed by atoms with E-state index in [1.807, 2.05) is 0 Å². The number of carbonyl (C=O) groups is 4. The summed E-state index contributed by atoms with van der Waals surface area (Å²) >= 11 is 0. The third kappa shape index (κ3) is 6.86. The van der Waals surface area contributed by atoms with Gasteiger partial charge in [-0.1, -0.05) is 18.2 Å². The van der Waals surface area contributed by atoms with E-state index in [1.165, 1.54) is 25.1 Å². The van der Waals surface area contributed by atoms with Crippen molar-refractivity contribution in [2.24, 2.45) is 0 Å².